The molecule has 22 heavy (non-hydrogen) atoms. The van der Waals surface area contributed by atoms with Crippen LogP contribution in [0.1, 0.15) is 30.0 Å². The number of amides is 1. The fraction of sp³-hybridized carbons (Fsp3) is 0.375. The summed E-state index contributed by atoms with van der Waals surface area (Å²) in [6.07, 6.45) is 0.859. The third kappa shape index (κ3) is 4.80. The van der Waals surface area contributed by atoms with E-state index in [2.05, 4.69) is 29.4 Å². The highest BCUT2D eigenvalue weighted by Crippen LogP contribution is 2.07. The SMILES string of the molecule is CC(C)Cc1cc(C(=O)NCC[S@@](=O)c2ccccc2)n[nH]1. The van der Waals surface area contributed by atoms with Crippen LogP contribution in [0.4, 0.5) is 0 Å². The van der Waals surface area contributed by atoms with Crippen LogP contribution in [0.3, 0.4) is 0 Å². The van der Waals surface area contributed by atoms with Crippen LogP contribution in [-0.2, 0) is 17.2 Å². The zero-order chi connectivity index (χ0) is 15.9. The maximum Gasteiger partial charge on any atom is 0.271 e. The Morgan fingerprint density at radius 3 is 2.73 bits per heavy atom. The number of benzene rings is 1. The molecule has 0 aliphatic heterocycles. The molecular weight excluding hydrogens is 298 g/mol. The van der Waals surface area contributed by atoms with E-state index in [9.17, 15) is 9.00 Å². The van der Waals surface area contributed by atoms with E-state index >= 15 is 0 Å². The summed E-state index contributed by atoms with van der Waals surface area (Å²) in [5.41, 5.74) is 1.33. The van der Waals surface area contributed by atoms with Gasteiger partial charge in [-0.25, -0.2) is 0 Å². The number of aromatic nitrogens is 2. The second kappa shape index (κ2) is 7.89. The van der Waals surface area contributed by atoms with Crippen LogP contribution in [-0.4, -0.2) is 32.6 Å². The molecule has 0 aliphatic carbocycles. The lowest BCUT2D eigenvalue weighted by Crippen LogP contribution is -2.28. The van der Waals surface area contributed by atoms with Crippen molar-refractivity contribution in [3.63, 3.8) is 0 Å². The Bertz CT molecular complexity index is 638. The number of rotatable bonds is 7. The van der Waals surface area contributed by atoms with Crippen LogP contribution in [0.5, 0.6) is 0 Å². The van der Waals surface area contributed by atoms with Gasteiger partial charge in [0.2, 0.25) is 0 Å². The first-order chi connectivity index (χ1) is 10.6. The van der Waals surface area contributed by atoms with Crippen molar-refractivity contribution in [2.24, 2.45) is 5.92 Å². The summed E-state index contributed by atoms with van der Waals surface area (Å²) in [6, 6.07) is 11.0. The number of hydrogen-bond donors (Lipinski definition) is 2. The zero-order valence-electron chi connectivity index (χ0n) is 12.8. The van der Waals surface area contributed by atoms with Gasteiger partial charge in [-0.3, -0.25) is 14.1 Å². The summed E-state index contributed by atoms with van der Waals surface area (Å²) in [4.78, 5) is 12.7. The first-order valence-corrected chi connectivity index (χ1v) is 8.64. The third-order valence-corrected chi connectivity index (χ3v) is 4.44. The summed E-state index contributed by atoms with van der Waals surface area (Å²) in [6.45, 7) is 4.58. The van der Waals surface area contributed by atoms with Gasteiger partial charge in [-0.1, -0.05) is 32.0 Å². The van der Waals surface area contributed by atoms with Crippen molar-refractivity contribution in [2.45, 2.75) is 25.2 Å². The van der Waals surface area contributed by atoms with Crippen LogP contribution in [0, 0.1) is 5.92 Å². The molecule has 118 valence electrons. The summed E-state index contributed by atoms with van der Waals surface area (Å²) < 4.78 is 12.0. The van der Waals surface area contributed by atoms with Crippen LogP contribution in [0.15, 0.2) is 41.3 Å². The Hall–Kier alpha value is -1.95. The molecule has 1 atom stereocenters. The second-order valence-corrected chi connectivity index (χ2v) is 7.07. The predicted octanol–water partition coefficient (Wildman–Crippen LogP) is 2.15. The molecule has 0 aliphatic rings. The van der Waals surface area contributed by atoms with Crippen molar-refractivity contribution < 1.29 is 9.00 Å². The van der Waals surface area contributed by atoms with Crippen molar-refractivity contribution in [1.29, 1.82) is 0 Å². The summed E-state index contributed by atoms with van der Waals surface area (Å²) in [7, 11) is -1.10. The number of aromatic amines is 1. The number of nitrogens with one attached hydrogen (secondary N) is 2. The number of carbonyl (C=O) groups excluding carboxylic acids is 1. The molecule has 0 saturated carbocycles. The summed E-state index contributed by atoms with van der Waals surface area (Å²) in [5, 5.41) is 9.64. The molecule has 0 unspecified atom stereocenters. The largest absolute Gasteiger partial charge is 0.350 e. The zero-order valence-corrected chi connectivity index (χ0v) is 13.7. The van der Waals surface area contributed by atoms with Crippen LogP contribution in [0.2, 0.25) is 0 Å². The van der Waals surface area contributed by atoms with E-state index in [-0.39, 0.29) is 5.91 Å². The normalized spacial score (nSPS) is 12.3. The van der Waals surface area contributed by atoms with Gasteiger partial charge in [0.25, 0.3) is 5.91 Å². The van der Waals surface area contributed by atoms with Gasteiger partial charge in [-0.2, -0.15) is 5.10 Å². The smallest absolute Gasteiger partial charge is 0.271 e. The van der Waals surface area contributed by atoms with E-state index in [1.807, 2.05) is 30.3 Å². The lowest BCUT2D eigenvalue weighted by molar-refractivity contribution is 0.0951. The number of hydrogen-bond acceptors (Lipinski definition) is 3. The quantitative estimate of drug-likeness (QED) is 0.821. The minimum absolute atomic E-state index is 0.240. The minimum Gasteiger partial charge on any atom is -0.350 e. The second-order valence-electron chi connectivity index (χ2n) is 5.49. The summed E-state index contributed by atoms with van der Waals surface area (Å²) >= 11 is 0. The van der Waals surface area contributed by atoms with Gasteiger partial charge in [0.1, 0.15) is 5.69 Å². The average Bonchev–Trinajstić information content (AvgIpc) is 2.95. The highest BCUT2D eigenvalue weighted by molar-refractivity contribution is 7.85. The van der Waals surface area contributed by atoms with Gasteiger partial charge in [0, 0.05) is 22.9 Å². The highest BCUT2D eigenvalue weighted by Gasteiger charge is 2.11. The van der Waals surface area contributed by atoms with E-state index in [0.29, 0.717) is 23.9 Å². The fourth-order valence-corrected chi connectivity index (χ4v) is 3.04. The molecule has 0 saturated heterocycles. The minimum atomic E-state index is -1.10. The van der Waals surface area contributed by atoms with Gasteiger partial charge in [-0.15, -0.1) is 0 Å². The molecule has 1 aromatic carbocycles. The molecule has 0 spiro atoms. The Labute approximate surface area is 133 Å². The van der Waals surface area contributed by atoms with Crippen molar-refractivity contribution in [2.75, 3.05) is 12.3 Å². The van der Waals surface area contributed by atoms with Crippen molar-refractivity contribution in [1.82, 2.24) is 15.5 Å². The molecule has 5 nitrogen and oxygen atoms in total. The molecule has 1 amide bonds. The van der Waals surface area contributed by atoms with Crippen LogP contribution >= 0.6 is 0 Å². The van der Waals surface area contributed by atoms with E-state index in [4.69, 9.17) is 0 Å². The van der Waals surface area contributed by atoms with Crippen molar-refractivity contribution in [3.8, 4) is 0 Å². The topological polar surface area (TPSA) is 74.8 Å². The number of nitrogens with zero attached hydrogens (tertiary/aromatic N) is 1. The Morgan fingerprint density at radius 1 is 1.32 bits per heavy atom. The van der Waals surface area contributed by atoms with E-state index in [1.165, 1.54) is 0 Å². The van der Waals surface area contributed by atoms with E-state index in [0.717, 1.165) is 17.0 Å². The van der Waals surface area contributed by atoms with Crippen molar-refractivity contribution >= 4 is 16.7 Å². The third-order valence-electron chi connectivity index (χ3n) is 3.07. The van der Waals surface area contributed by atoms with Crippen LogP contribution in [0.25, 0.3) is 0 Å². The monoisotopic (exact) mass is 319 g/mol. The van der Waals surface area contributed by atoms with Gasteiger partial charge in [0.15, 0.2) is 0 Å². The average molecular weight is 319 g/mol. The van der Waals surface area contributed by atoms with Crippen LogP contribution < -0.4 is 5.32 Å². The molecule has 1 heterocycles. The molecule has 0 bridgehead atoms. The van der Waals surface area contributed by atoms with Gasteiger partial charge in [-0.05, 0) is 30.5 Å². The van der Waals surface area contributed by atoms with E-state index in [1.54, 1.807) is 6.07 Å². The molecule has 0 radical (unpaired) electrons. The maximum absolute atomic E-state index is 12.0. The lowest BCUT2D eigenvalue weighted by Gasteiger charge is -2.03. The predicted molar refractivity (Wildman–Crippen MR) is 87.2 cm³/mol. The molecule has 6 heteroatoms. The van der Waals surface area contributed by atoms with E-state index < -0.39 is 10.8 Å². The van der Waals surface area contributed by atoms with Gasteiger partial charge < -0.3 is 5.32 Å². The molecule has 2 N–H and O–H groups in total. The molecular formula is C16H21N3O2S. The summed E-state index contributed by atoms with van der Waals surface area (Å²) in [5.74, 6) is 0.653. The maximum atomic E-state index is 12.0. The lowest BCUT2D eigenvalue weighted by atomic mass is 10.1. The van der Waals surface area contributed by atoms with Crippen molar-refractivity contribution in [3.05, 3.63) is 47.8 Å². The Morgan fingerprint density at radius 2 is 2.05 bits per heavy atom. The van der Waals surface area contributed by atoms with Gasteiger partial charge >= 0.3 is 0 Å². The number of carbonyl (C=O) groups is 1. The molecule has 2 aromatic rings. The Balaban J connectivity index is 1.80. The molecule has 1 aromatic heterocycles. The highest BCUT2D eigenvalue weighted by atomic mass is 32.2. The number of H-pyrrole nitrogens is 1. The first-order valence-electron chi connectivity index (χ1n) is 7.32. The molecule has 0 fully saturated rings. The fourth-order valence-electron chi connectivity index (χ4n) is 2.06. The Kier molecular flexibility index (Phi) is 5.89. The first kappa shape index (κ1) is 16.4. The standard InChI is InChI=1S/C16H21N3O2S/c1-12(2)10-13-11-15(19-18-13)16(20)17-8-9-22(21)14-6-4-3-5-7-14/h3-7,11-12H,8-10H2,1-2H3,(H,17,20)(H,18,19)/t22-/m1/s1. The van der Waals surface area contributed by atoms with Gasteiger partial charge in [0.05, 0.1) is 10.8 Å². The molecule has 2 rings (SSSR count).